The second-order valence-electron chi connectivity index (χ2n) is 8.25. The Balaban J connectivity index is 2.81. The number of alkyl carbamates (subject to hydrolysis) is 2. The fourth-order valence-corrected chi connectivity index (χ4v) is 2.39. The smallest absolute Gasteiger partial charge is 0.471 e. The number of hydrogen-bond donors (Lipinski definition) is 5. The first-order valence-corrected chi connectivity index (χ1v) is 10.4. The zero-order valence-electron chi connectivity index (χ0n) is 19.6. The highest BCUT2D eigenvalue weighted by atomic mass is 19.4. The third kappa shape index (κ3) is 11.9. The molecule has 4 amide bonds. The van der Waals surface area contributed by atoms with Crippen molar-refractivity contribution in [1.82, 2.24) is 21.3 Å². The first-order valence-electron chi connectivity index (χ1n) is 10.4. The quantitative estimate of drug-likeness (QED) is 0.305. The Morgan fingerprint density at radius 2 is 1.44 bits per heavy atom. The second-order valence-corrected chi connectivity index (χ2v) is 8.25. The number of carbonyl (C=O) groups is 5. The Morgan fingerprint density at radius 1 is 0.889 bits per heavy atom. The summed E-state index contributed by atoms with van der Waals surface area (Å²) >= 11 is 0. The summed E-state index contributed by atoms with van der Waals surface area (Å²) in [4.78, 5) is 58.9. The molecular weight excluding hydrogens is 493 g/mol. The number of nitrogens with one attached hydrogen (secondary N) is 4. The molecule has 1 aromatic rings. The molecule has 0 heterocycles. The van der Waals surface area contributed by atoms with Crippen molar-refractivity contribution in [1.29, 1.82) is 0 Å². The molecule has 0 aliphatic rings. The van der Waals surface area contributed by atoms with Crippen LogP contribution in [0.1, 0.15) is 26.3 Å². The molecule has 15 heteroatoms. The van der Waals surface area contributed by atoms with Crippen molar-refractivity contribution in [2.75, 3.05) is 13.1 Å². The zero-order chi connectivity index (χ0) is 27.5. The van der Waals surface area contributed by atoms with Gasteiger partial charge in [-0.05, 0) is 26.3 Å². The summed E-state index contributed by atoms with van der Waals surface area (Å²) in [5.74, 6) is -5.08. The fraction of sp³-hybridized carbons (Fsp3) is 0.476. The van der Waals surface area contributed by atoms with Crippen LogP contribution in [0.15, 0.2) is 30.3 Å². The van der Waals surface area contributed by atoms with E-state index in [1.165, 1.54) is 26.1 Å². The molecule has 0 saturated carbocycles. The van der Waals surface area contributed by atoms with E-state index >= 15 is 0 Å². The maximum Gasteiger partial charge on any atom is 0.471 e. The number of aliphatic carboxylic acids is 1. The summed E-state index contributed by atoms with van der Waals surface area (Å²) in [6.07, 6.45) is -7.54. The Bertz CT molecular complexity index is 935. The van der Waals surface area contributed by atoms with E-state index in [-0.39, 0.29) is 6.61 Å². The van der Waals surface area contributed by atoms with Crippen molar-refractivity contribution in [3.8, 4) is 0 Å². The van der Waals surface area contributed by atoms with Gasteiger partial charge < -0.3 is 35.8 Å². The lowest BCUT2D eigenvalue weighted by Crippen LogP contribution is -2.56. The number of alkyl halides is 3. The van der Waals surface area contributed by atoms with Gasteiger partial charge in [-0.25, -0.2) is 14.4 Å². The minimum absolute atomic E-state index is 0.225. The molecule has 2 atom stereocenters. The van der Waals surface area contributed by atoms with Gasteiger partial charge >= 0.3 is 30.2 Å². The number of carboxylic acid groups (broad SMARTS) is 1. The summed E-state index contributed by atoms with van der Waals surface area (Å²) in [6.45, 7) is 2.65. The van der Waals surface area contributed by atoms with E-state index < -0.39 is 66.9 Å². The van der Waals surface area contributed by atoms with Crippen molar-refractivity contribution in [3.63, 3.8) is 0 Å². The first kappa shape index (κ1) is 30.0. The van der Waals surface area contributed by atoms with Crippen LogP contribution in [-0.4, -0.2) is 72.0 Å². The molecule has 0 bridgehead atoms. The van der Waals surface area contributed by atoms with E-state index in [1.807, 2.05) is 10.6 Å². The molecule has 1 rings (SSSR count). The van der Waals surface area contributed by atoms with E-state index in [0.717, 1.165) is 0 Å². The summed E-state index contributed by atoms with van der Waals surface area (Å²) in [6, 6.07) is 4.85. The third-order valence-corrected chi connectivity index (χ3v) is 4.02. The van der Waals surface area contributed by atoms with E-state index in [1.54, 1.807) is 30.3 Å². The maximum atomic E-state index is 12.5. The third-order valence-electron chi connectivity index (χ3n) is 4.02. The second kappa shape index (κ2) is 13.2. The number of hydrogen-bond acceptors (Lipinski definition) is 7. The van der Waals surface area contributed by atoms with Gasteiger partial charge in [-0.1, -0.05) is 30.3 Å². The fourth-order valence-electron chi connectivity index (χ4n) is 2.39. The minimum Gasteiger partial charge on any atom is -0.480 e. The molecule has 5 N–H and O–H groups in total. The first-order chi connectivity index (χ1) is 16.6. The van der Waals surface area contributed by atoms with E-state index in [0.29, 0.717) is 5.56 Å². The molecule has 0 aliphatic heterocycles. The van der Waals surface area contributed by atoms with Crippen LogP contribution in [0.5, 0.6) is 0 Å². The number of amides is 4. The number of halogens is 3. The van der Waals surface area contributed by atoms with Crippen LogP contribution in [0.3, 0.4) is 0 Å². The highest BCUT2D eigenvalue weighted by Gasteiger charge is 2.39. The molecule has 12 nitrogen and oxygen atoms in total. The molecule has 0 fully saturated rings. The number of carboxylic acids is 1. The average molecular weight is 520 g/mol. The highest BCUT2D eigenvalue weighted by Crippen LogP contribution is 2.14. The van der Waals surface area contributed by atoms with Gasteiger partial charge in [0.2, 0.25) is 5.91 Å². The minimum atomic E-state index is -5.25. The zero-order valence-corrected chi connectivity index (χ0v) is 19.6. The normalized spacial score (nSPS) is 12.9. The molecular formula is C21H27F3N4O8. The molecule has 2 unspecified atom stereocenters. The molecule has 1 aromatic carbocycles. The predicted octanol–water partition coefficient (Wildman–Crippen LogP) is 1.05. The molecule has 200 valence electrons. The van der Waals surface area contributed by atoms with Crippen molar-refractivity contribution >= 4 is 30.0 Å². The van der Waals surface area contributed by atoms with Gasteiger partial charge in [0.1, 0.15) is 24.3 Å². The van der Waals surface area contributed by atoms with Crippen LogP contribution in [0.4, 0.5) is 22.8 Å². The Hall–Kier alpha value is -4.04. The Labute approximate surface area is 203 Å². The number of ether oxygens (including phenoxy) is 2. The summed E-state index contributed by atoms with van der Waals surface area (Å²) < 4.78 is 47.4. The number of benzene rings is 1. The van der Waals surface area contributed by atoms with E-state index in [2.05, 4.69) is 5.32 Å². The van der Waals surface area contributed by atoms with Gasteiger partial charge in [0, 0.05) is 13.1 Å². The van der Waals surface area contributed by atoms with Gasteiger partial charge in [-0.15, -0.1) is 0 Å². The van der Waals surface area contributed by atoms with Crippen molar-refractivity contribution < 1.29 is 51.7 Å². The number of rotatable bonds is 10. The van der Waals surface area contributed by atoms with Gasteiger partial charge in [-0.2, -0.15) is 13.2 Å². The van der Waals surface area contributed by atoms with Crippen LogP contribution < -0.4 is 21.3 Å². The topological polar surface area (TPSA) is 172 Å². The van der Waals surface area contributed by atoms with Crippen LogP contribution in [0.2, 0.25) is 0 Å². The lowest BCUT2D eigenvalue weighted by atomic mass is 10.2. The molecule has 0 aromatic heterocycles. The highest BCUT2D eigenvalue weighted by molar-refractivity contribution is 5.88. The lowest BCUT2D eigenvalue weighted by molar-refractivity contribution is -0.173. The maximum absolute atomic E-state index is 12.5. The van der Waals surface area contributed by atoms with Crippen molar-refractivity contribution in [3.05, 3.63) is 35.9 Å². The van der Waals surface area contributed by atoms with Crippen LogP contribution in [0.25, 0.3) is 0 Å². The van der Waals surface area contributed by atoms with Gasteiger partial charge in [0.25, 0.3) is 0 Å². The SMILES string of the molecule is CC(C)(C)OC(=O)NC(CNC(=O)C(CNC(=O)C(F)(F)F)NC(=O)OCc1ccccc1)C(=O)O. The lowest BCUT2D eigenvalue weighted by Gasteiger charge is -2.23. The van der Waals surface area contributed by atoms with Crippen molar-refractivity contribution in [2.24, 2.45) is 0 Å². The summed E-state index contributed by atoms with van der Waals surface area (Å²) in [7, 11) is 0. The monoisotopic (exact) mass is 520 g/mol. The average Bonchev–Trinajstić information content (AvgIpc) is 2.76. The molecule has 36 heavy (non-hydrogen) atoms. The predicted molar refractivity (Wildman–Crippen MR) is 116 cm³/mol. The standard InChI is InChI=1S/C21H27F3N4O8/c1-20(2,3)36-19(34)28-14(16(30)31)10-25-15(29)13(9-26-17(32)21(22,23)24)27-18(33)35-11-12-7-5-4-6-8-12/h4-8,13-14H,9-11H2,1-3H3,(H,25,29)(H,26,32)(H,27,33)(H,28,34)(H,30,31). The van der Waals surface area contributed by atoms with Crippen LogP contribution >= 0.6 is 0 Å². The van der Waals surface area contributed by atoms with Gasteiger partial charge in [0.15, 0.2) is 0 Å². The summed E-state index contributed by atoms with van der Waals surface area (Å²) in [5.41, 5.74) is -0.362. The largest absolute Gasteiger partial charge is 0.480 e. The summed E-state index contributed by atoms with van der Waals surface area (Å²) in [5, 5.41) is 16.8. The number of carbonyl (C=O) groups excluding carboxylic acids is 4. The van der Waals surface area contributed by atoms with E-state index in [9.17, 15) is 42.3 Å². The Kier molecular flexibility index (Phi) is 11.0. The van der Waals surface area contributed by atoms with Crippen LogP contribution in [-0.2, 0) is 30.5 Å². The van der Waals surface area contributed by atoms with Gasteiger partial charge in [-0.3, -0.25) is 9.59 Å². The molecule has 0 saturated heterocycles. The Morgan fingerprint density at radius 3 is 1.97 bits per heavy atom. The van der Waals surface area contributed by atoms with Crippen LogP contribution in [0, 0.1) is 0 Å². The van der Waals surface area contributed by atoms with E-state index in [4.69, 9.17) is 9.47 Å². The molecule has 0 aliphatic carbocycles. The van der Waals surface area contributed by atoms with Crippen molar-refractivity contribution in [2.45, 2.75) is 51.2 Å². The van der Waals surface area contributed by atoms with Gasteiger partial charge in [0.05, 0.1) is 0 Å². The molecule has 0 spiro atoms. The molecule has 0 radical (unpaired) electrons.